The first kappa shape index (κ1) is 14.1. The van der Waals surface area contributed by atoms with Crippen molar-refractivity contribution in [2.24, 2.45) is 5.92 Å². The highest BCUT2D eigenvalue weighted by molar-refractivity contribution is 4.81. The van der Waals surface area contributed by atoms with Crippen molar-refractivity contribution in [2.45, 2.75) is 90.9 Å². The molecule has 1 fully saturated rings. The molecule has 0 aromatic carbocycles. The minimum atomic E-state index is 1.00. The summed E-state index contributed by atoms with van der Waals surface area (Å²) in [7, 11) is 0. The van der Waals surface area contributed by atoms with Crippen molar-refractivity contribution in [3.8, 4) is 0 Å². The van der Waals surface area contributed by atoms with Gasteiger partial charge in [-0.1, -0.05) is 84.5 Å². The summed E-state index contributed by atoms with van der Waals surface area (Å²) in [5.41, 5.74) is 0. The van der Waals surface area contributed by atoms with E-state index in [4.69, 9.17) is 0 Å². The first-order valence-electron chi connectivity index (χ1n) is 7.58. The van der Waals surface area contributed by atoms with E-state index in [1.807, 2.05) is 0 Å². The van der Waals surface area contributed by atoms with Crippen LogP contribution in [0.2, 0.25) is 0 Å². The lowest BCUT2D eigenvalue weighted by Gasteiger charge is -2.19. The normalized spacial score (nSPS) is 22.7. The van der Waals surface area contributed by atoms with Gasteiger partial charge in [0.2, 0.25) is 0 Å². The Kier molecular flexibility index (Phi) is 7.98. The minimum Gasteiger partial charge on any atom is -0.0594 e. The van der Waals surface area contributed by atoms with Crippen molar-refractivity contribution in [3.05, 3.63) is 5.92 Å². The summed E-state index contributed by atoms with van der Waals surface area (Å²) in [5.74, 6) is 2.64. The molecule has 1 saturated carbocycles. The van der Waals surface area contributed by atoms with Gasteiger partial charge in [-0.2, -0.15) is 0 Å². The quantitative estimate of drug-likeness (QED) is 0.546. The predicted octanol–water partition coefficient (Wildman–Crippen LogP) is 5.91. The molecule has 0 heterocycles. The molecule has 0 heteroatoms. The summed E-state index contributed by atoms with van der Waals surface area (Å²) in [6.45, 7) is 4.60. The molecule has 95 valence electrons. The van der Waals surface area contributed by atoms with Crippen molar-refractivity contribution in [2.75, 3.05) is 0 Å². The van der Waals surface area contributed by atoms with Crippen LogP contribution in [0.15, 0.2) is 0 Å². The van der Waals surface area contributed by atoms with E-state index in [0.717, 1.165) is 5.92 Å². The Morgan fingerprint density at radius 1 is 0.688 bits per heavy atom. The standard InChI is InChI=1S/C16H31/c1-15(2)14-16-12-10-8-6-4-3-5-7-9-11-13-16/h16H,3-14H2,1-2H3. The highest BCUT2D eigenvalue weighted by Crippen LogP contribution is 2.26. The minimum absolute atomic E-state index is 1.00. The Labute approximate surface area is 103 Å². The topological polar surface area (TPSA) is 0 Å². The Morgan fingerprint density at radius 2 is 1.06 bits per heavy atom. The van der Waals surface area contributed by atoms with E-state index < -0.39 is 0 Å². The average molecular weight is 223 g/mol. The van der Waals surface area contributed by atoms with Crippen molar-refractivity contribution < 1.29 is 0 Å². The molecule has 0 spiro atoms. The Bertz CT molecular complexity index is 136. The fourth-order valence-corrected chi connectivity index (χ4v) is 3.03. The second-order valence-corrected chi connectivity index (χ2v) is 6.04. The molecule has 1 rings (SSSR count). The summed E-state index contributed by atoms with van der Waals surface area (Å²) >= 11 is 0. The van der Waals surface area contributed by atoms with Crippen molar-refractivity contribution >= 4 is 0 Å². The van der Waals surface area contributed by atoms with Crippen LogP contribution in [0.3, 0.4) is 0 Å². The zero-order valence-electron chi connectivity index (χ0n) is 11.6. The first-order chi connectivity index (χ1) is 7.79. The summed E-state index contributed by atoms with van der Waals surface area (Å²) in [6.07, 6.45) is 17.8. The maximum absolute atomic E-state index is 2.30. The van der Waals surface area contributed by atoms with Gasteiger partial charge in [0.05, 0.1) is 0 Å². The van der Waals surface area contributed by atoms with Crippen LogP contribution in [0.1, 0.15) is 90.9 Å². The van der Waals surface area contributed by atoms with Gasteiger partial charge in [0.25, 0.3) is 0 Å². The molecule has 0 nitrogen and oxygen atoms in total. The van der Waals surface area contributed by atoms with E-state index in [1.54, 1.807) is 5.92 Å². The van der Waals surface area contributed by atoms with Gasteiger partial charge in [-0.05, 0) is 18.3 Å². The lowest BCUT2D eigenvalue weighted by Crippen LogP contribution is -2.04. The van der Waals surface area contributed by atoms with Crippen LogP contribution < -0.4 is 0 Å². The highest BCUT2D eigenvalue weighted by atomic mass is 14.2. The third-order valence-electron chi connectivity index (χ3n) is 3.92. The maximum Gasteiger partial charge on any atom is -0.0300 e. The van der Waals surface area contributed by atoms with Crippen LogP contribution in [0.5, 0.6) is 0 Å². The van der Waals surface area contributed by atoms with Crippen LogP contribution in [0.25, 0.3) is 0 Å². The summed E-state index contributed by atoms with van der Waals surface area (Å²) < 4.78 is 0. The molecule has 0 amide bonds. The summed E-state index contributed by atoms with van der Waals surface area (Å²) in [4.78, 5) is 0. The van der Waals surface area contributed by atoms with Gasteiger partial charge in [0.15, 0.2) is 0 Å². The fraction of sp³-hybridized carbons (Fsp3) is 0.938. The molecule has 0 aliphatic heterocycles. The molecular formula is C16H31. The smallest absolute Gasteiger partial charge is 0.0300 e. The van der Waals surface area contributed by atoms with Gasteiger partial charge in [0.1, 0.15) is 0 Å². The molecule has 0 bridgehead atoms. The molecule has 1 radical (unpaired) electrons. The van der Waals surface area contributed by atoms with Crippen LogP contribution in [0, 0.1) is 11.8 Å². The molecule has 0 N–H and O–H groups in total. The van der Waals surface area contributed by atoms with E-state index in [-0.39, 0.29) is 0 Å². The molecule has 0 aromatic rings. The van der Waals surface area contributed by atoms with Gasteiger partial charge in [-0.15, -0.1) is 0 Å². The molecule has 0 saturated heterocycles. The average Bonchev–Trinajstić information content (AvgIpc) is 2.21. The van der Waals surface area contributed by atoms with Gasteiger partial charge >= 0.3 is 0 Å². The molecule has 1 aliphatic carbocycles. The Morgan fingerprint density at radius 3 is 1.44 bits per heavy atom. The van der Waals surface area contributed by atoms with Gasteiger partial charge in [-0.3, -0.25) is 0 Å². The molecule has 0 unspecified atom stereocenters. The molecule has 0 atom stereocenters. The first-order valence-corrected chi connectivity index (χ1v) is 7.58. The summed E-state index contributed by atoms with van der Waals surface area (Å²) in [5, 5.41) is 0. The van der Waals surface area contributed by atoms with Crippen LogP contribution in [-0.4, -0.2) is 0 Å². The second-order valence-electron chi connectivity index (χ2n) is 6.04. The van der Waals surface area contributed by atoms with E-state index in [9.17, 15) is 0 Å². The third kappa shape index (κ3) is 7.30. The van der Waals surface area contributed by atoms with Gasteiger partial charge in [-0.25, -0.2) is 0 Å². The van der Waals surface area contributed by atoms with Crippen molar-refractivity contribution in [1.82, 2.24) is 0 Å². The van der Waals surface area contributed by atoms with E-state index in [0.29, 0.717) is 0 Å². The SMILES string of the molecule is C[C](C)CC1CCCCCCCCCCC1. The lowest BCUT2D eigenvalue weighted by atomic mass is 9.87. The fourth-order valence-electron chi connectivity index (χ4n) is 3.03. The van der Waals surface area contributed by atoms with Crippen LogP contribution >= 0.6 is 0 Å². The predicted molar refractivity (Wildman–Crippen MR) is 73.5 cm³/mol. The largest absolute Gasteiger partial charge is 0.0594 e. The molecular weight excluding hydrogens is 192 g/mol. The monoisotopic (exact) mass is 223 g/mol. The van der Waals surface area contributed by atoms with Crippen LogP contribution in [-0.2, 0) is 0 Å². The zero-order valence-corrected chi connectivity index (χ0v) is 11.6. The second kappa shape index (κ2) is 9.07. The molecule has 1 aliphatic rings. The number of hydrogen-bond acceptors (Lipinski definition) is 0. The van der Waals surface area contributed by atoms with Gasteiger partial charge in [0, 0.05) is 0 Å². The van der Waals surface area contributed by atoms with Crippen molar-refractivity contribution in [3.63, 3.8) is 0 Å². The zero-order chi connectivity index (χ0) is 11.6. The summed E-state index contributed by atoms with van der Waals surface area (Å²) in [6, 6.07) is 0. The molecule has 16 heavy (non-hydrogen) atoms. The van der Waals surface area contributed by atoms with Crippen molar-refractivity contribution in [1.29, 1.82) is 0 Å². The highest BCUT2D eigenvalue weighted by Gasteiger charge is 2.11. The van der Waals surface area contributed by atoms with E-state index in [1.165, 1.54) is 77.0 Å². The number of rotatable bonds is 2. The van der Waals surface area contributed by atoms with E-state index in [2.05, 4.69) is 13.8 Å². The Hall–Kier alpha value is 0. The maximum atomic E-state index is 2.30. The molecule has 0 aromatic heterocycles. The number of hydrogen-bond donors (Lipinski definition) is 0. The third-order valence-corrected chi connectivity index (χ3v) is 3.92. The van der Waals surface area contributed by atoms with E-state index >= 15 is 0 Å². The van der Waals surface area contributed by atoms with Gasteiger partial charge < -0.3 is 0 Å². The lowest BCUT2D eigenvalue weighted by molar-refractivity contribution is 0.380. The van der Waals surface area contributed by atoms with Crippen LogP contribution in [0.4, 0.5) is 0 Å². The Balaban J connectivity index is 2.24.